The van der Waals surface area contributed by atoms with Gasteiger partial charge in [-0.2, -0.15) is 5.10 Å². The predicted octanol–water partition coefficient (Wildman–Crippen LogP) is -0.597. The second kappa shape index (κ2) is 4.93. The third-order valence-corrected chi connectivity index (χ3v) is 2.32. The molecule has 7 nitrogen and oxygen atoms in total. The Kier molecular flexibility index (Phi) is 3.35. The van der Waals surface area contributed by atoms with Gasteiger partial charge in [0.05, 0.1) is 19.2 Å². The van der Waals surface area contributed by atoms with E-state index in [1.807, 2.05) is 0 Å². The number of ether oxygens (including phenoxy) is 1. The molecule has 1 aliphatic rings. The monoisotopic (exact) mass is 225 g/mol. The Balaban J connectivity index is 1.71. The summed E-state index contributed by atoms with van der Waals surface area (Å²) >= 11 is 0. The van der Waals surface area contributed by atoms with Gasteiger partial charge in [0, 0.05) is 13.7 Å². The van der Waals surface area contributed by atoms with E-state index in [9.17, 15) is 4.79 Å². The molecule has 0 aromatic carbocycles. The van der Waals surface area contributed by atoms with E-state index in [1.54, 1.807) is 18.1 Å². The van der Waals surface area contributed by atoms with Crippen molar-refractivity contribution in [2.45, 2.75) is 19.0 Å². The van der Waals surface area contributed by atoms with Crippen LogP contribution in [0.25, 0.3) is 0 Å². The van der Waals surface area contributed by atoms with Gasteiger partial charge in [0.1, 0.15) is 6.33 Å². The topological polar surface area (TPSA) is 81.1 Å². The highest BCUT2D eigenvalue weighted by atomic mass is 16.5. The van der Waals surface area contributed by atoms with Crippen molar-refractivity contribution in [3.8, 4) is 0 Å². The molecule has 0 spiro atoms. The lowest BCUT2D eigenvalue weighted by Gasteiger charge is -2.10. The molecule has 0 radical (unpaired) electrons. The van der Waals surface area contributed by atoms with E-state index in [2.05, 4.69) is 20.7 Å². The van der Waals surface area contributed by atoms with Gasteiger partial charge in [-0.05, 0) is 6.42 Å². The zero-order valence-corrected chi connectivity index (χ0v) is 9.14. The lowest BCUT2D eigenvalue weighted by atomic mass is 10.3. The molecule has 1 atom stereocenters. The molecule has 1 aromatic heterocycles. The van der Waals surface area contributed by atoms with Crippen LogP contribution in [0.5, 0.6) is 0 Å². The number of hydrogen-bond acceptors (Lipinski definition) is 4. The standard InChI is InChI=1S/C9H15N5O2/c1-14-6-11-8(13-14)4-10-9(15)12-7-2-3-16-5-7/h6-7H,2-5H2,1H3,(H2,10,12,15). The van der Waals surface area contributed by atoms with Crippen LogP contribution >= 0.6 is 0 Å². The number of aromatic nitrogens is 3. The van der Waals surface area contributed by atoms with E-state index in [-0.39, 0.29) is 12.1 Å². The average Bonchev–Trinajstić information content (AvgIpc) is 2.87. The van der Waals surface area contributed by atoms with Crippen LogP contribution in [-0.4, -0.2) is 40.1 Å². The van der Waals surface area contributed by atoms with Gasteiger partial charge in [0.2, 0.25) is 0 Å². The fourth-order valence-electron chi connectivity index (χ4n) is 1.51. The number of amides is 2. The molecule has 2 N–H and O–H groups in total. The van der Waals surface area contributed by atoms with Gasteiger partial charge in [0.25, 0.3) is 0 Å². The van der Waals surface area contributed by atoms with Gasteiger partial charge in [0.15, 0.2) is 5.82 Å². The Morgan fingerprint density at radius 1 is 1.75 bits per heavy atom. The molecule has 16 heavy (non-hydrogen) atoms. The molecule has 1 aliphatic heterocycles. The van der Waals surface area contributed by atoms with Crippen LogP contribution in [0.1, 0.15) is 12.2 Å². The minimum Gasteiger partial charge on any atom is -0.379 e. The second-order valence-electron chi connectivity index (χ2n) is 3.72. The number of urea groups is 1. The molecule has 1 fully saturated rings. The Bertz CT molecular complexity index is 359. The summed E-state index contributed by atoms with van der Waals surface area (Å²) in [4.78, 5) is 15.4. The smallest absolute Gasteiger partial charge is 0.315 e. The molecule has 1 unspecified atom stereocenters. The zero-order chi connectivity index (χ0) is 11.4. The van der Waals surface area contributed by atoms with Crippen molar-refractivity contribution in [3.63, 3.8) is 0 Å². The first-order valence-corrected chi connectivity index (χ1v) is 5.20. The molecule has 2 amide bonds. The summed E-state index contributed by atoms with van der Waals surface area (Å²) in [5.41, 5.74) is 0. The van der Waals surface area contributed by atoms with Gasteiger partial charge >= 0.3 is 6.03 Å². The fraction of sp³-hybridized carbons (Fsp3) is 0.667. The third kappa shape index (κ3) is 2.93. The first-order valence-electron chi connectivity index (χ1n) is 5.20. The summed E-state index contributed by atoms with van der Waals surface area (Å²) in [6.45, 7) is 1.64. The molecule has 0 bridgehead atoms. The first kappa shape index (κ1) is 10.9. The van der Waals surface area contributed by atoms with Gasteiger partial charge in [-0.3, -0.25) is 4.68 Å². The highest BCUT2D eigenvalue weighted by Crippen LogP contribution is 2.02. The van der Waals surface area contributed by atoms with E-state index in [1.165, 1.54) is 0 Å². The molecule has 1 saturated heterocycles. The number of rotatable bonds is 3. The Morgan fingerprint density at radius 3 is 3.25 bits per heavy atom. The maximum atomic E-state index is 11.4. The van der Waals surface area contributed by atoms with Crippen molar-refractivity contribution < 1.29 is 9.53 Å². The number of hydrogen-bond donors (Lipinski definition) is 2. The van der Waals surface area contributed by atoms with Gasteiger partial charge in [-0.15, -0.1) is 0 Å². The predicted molar refractivity (Wildman–Crippen MR) is 55.6 cm³/mol. The summed E-state index contributed by atoms with van der Waals surface area (Å²) in [6.07, 6.45) is 2.47. The molecule has 2 rings (SSSR count). The molecular formula is C9H15N5O2. The van der Waals surface area contributed by atoms with Crippen molar-refractivity contribution in [1.29, 1.82) is 0 Å². The Morgan fingerprint density at radius 2 is 2.62 bits per heavy atom. The highest BCUT2D eigenvalue weighted by Gasteiger charge is 2.17. The molecule has 2 heterocycles. The maximum absolute atomic E-state index is 11.4. The molecule has 0 aliphatic carbocycles. The van der Waals surface area contributed by atoms with Crippen LogP contribution in [0.15, 0.2) is 6.33 Å². The summed E-state index contributed by atoms with van der Waals surface area (Å²) in [5.74, 6) is 0.598. The van der Waals surface area contributed by atoms with Crippen molar-refractivity contribution in [3.05, 3.63) is 12.2 Å². The minimum atomic E-state index is -0.206. The van der Waals surface area contributed by atoms with E-state index < -0.39 is 0 Å². The van der Waals surface area contributed by atoms with E-state index >= 15 is 0 Å². The highest BCUT2D eigenvalue weighted by molar-refractivity contribution is 5.74. The minimum absolute atomic E-state index is 0.122. The molecule has 7 heteroatoms. The van der Waals surface area contributed by atoms with Gasteiger partial charge < -0.3 is 15.4 Å². The summed E-state index contributed by atoms with van der Waals surface area (Å²) in [6, 6.07) is -0.0837. The number of carbonyl (C=O) groups is 1. The van der Waals surface area contributed by atoms with Crippen molar-refractivity contribution in [2.75, 3.05) is 13.2 Å². The van der Waals surface area contributed by atoms with E-state index in [0.717, 1.165) is 6.42 Å². The van der Waals surface area contributed by atoms with Crippen LogP contribution in [0, 0.1) is 0 Å². The molecule has 0 saturated carbocycles. The lowest BCUT2D eigenvalue weighted by molar-refractivity contribution is 0.188. The van der Waals surface area contributed by atoms with Crippen LogP contribution < -0.4 is 10.6 Å². The number of nitrogens with one attached hydrogen (secondary N) is 2. The van der Waals surface area contributed by atoms with Crippen LogP contribution in [0.4, 0.5) is 4.79 Å². The third-order valence-electron chi connectivity index (χ3n) is 2.32. The van der Waals surface area contributed by atoms with Crippen LogP contribution in [0.2, 0.25) is 0 Å². The van der Waals surface area contributed by atoms with Crippen molar-refractivity contribution in [1.82, 2.24) is 25.4 Å². The summed E-state index contributed by atoms with van der Waals surface area (Å²) in [5, 5.41) is 9.57. The van der Waals surface area contributed by atoms with E-state index in [0.29, 0.717) is 25.6 Å². The second-order valence-corrected chi connectivity index (χ2v) is 3.72. The summed E-state index contributed by atoms with van der Waals surface area (Å²) in [7, 11) is 1.78. The number of carbonyl (C=O) groups excluding carboxylic acids is 1. The van der Waals surface area contributed by atoms with Gasteiger partial charge in [-0.1, -0.05) is 0 Å². The van der Waals surface area contributed by atoms with Crippen molar-refractivity contribution >= 4 is 6.03 Å². The lowest BCUT2D eigenvalue weighted by Crippen LogP contribution is -2.42. The number of nitrogens with zero attached hydrogens (tertiary/aromatic N) is 3. The Hall–Kier alpha value is -1.63. The average molecular weight is 225 g/mol. The Labute approximate surface area is 93.2 Å². The largest absolute Gasteiger partial charge is 0.379 e. The van der Waals surface area contributed by atoms with Crippen LogP contribution in [0.3, 0.4) is 0 Å². The van der Waals surface area contributed by atoms with E-state index in [4.69, 9.17) is 4.74 Å². The summed E-state index contributed by atoms with van der Waals surface area (Å²) < 4.78 is 6.75. The quantitative estimate of drug-likeness (QED) is 0.720. The maximum Gasteiger partial charge on any atom is 0.315 e. The zero-order valence-electron chi connectivity index (χ0n) is 9.14. The molecule has 1 aromatic rings. The van der Waals surface area contributed by atoms with Gasteiger partial charge in [-0.25, -0.2) is 9.78 Å². The fourth-order valence-corrected chi connectivity index (χ4v) is 1.51. The first-order chi connectivity index (χ1) is 7.74. The SMILES string of the molecule is Cn1cnc(CNC(=O)NC2CCOC2)n1. The van der Waals surface area contributed by atoms with Crippen LogP contribution in [-0.2, 0) is 18.3 Å². The molecule has 88 valence electrons. The van der Waals surface area contributed by atoms with Crippen molar-refractivity contribution in [2.24, 2.45) is 7.05 Å². The number of aryl methyl sites for hydroxylation is 1. The normalized spacial score (nSPS) is 19.7. The molecular weight excluding hydrogens is 210 g/mol.